The molecule has 290 valence electrons. The molecule has 0 radical (unpaired) electrons. The summed E-state index contributed by atoms with van der Waals surface area (Å²) in [7, 11) is 0. The molecular formula is C49H48N2O6. The minimum atomic E-state index is -0.544. The van der Waals surface area contributed by atoms with E-state index in [2.05, 4.69) is 34.3 Å². The van der Waals surface area contributed by atoms with Gasteiger partial charge in [0, 0.05) is 16.4 Å². The van der Waals surface area contributed by atoms with Crippen LogP contribution in [0.3, 0.4) is 0 Å². The summed E-state index contributed by atoms with van der Waals surface area (Å²) in [6.07, 6.45) is 4.08. The predicted molar refractivity (Wildman–Crippen MR) is 223 cm³/mol. The zero-order chi connectivity index (χ0) is 40.9. The third-order valence-electron chi connectivity index (χ3n) is 12.4. The molecular weight excluding hydrogens is 713 g/mol. The van der Waals surface area contributed by atoms with Crippen molar-refractivity contribution in [2.75, 3.05) is 4.90 Å². The topological polar surface area (TPSA) is 93.2 Å². The zero-order valence-electron chi connectivity index (χ0n) is 33.6. The van der Waals surface area contributed by atoms with Gasteiger partial charge in [-0.1, -0.05) is 84.0 Å². The Morgan fingerprint density at radius 2 is 0.982 bits per heavy atom. The first-order chi connectivity index (χ1) is 27.2. The van der Waals surface area contributed by atoms with Crippen molar-refractivity contribution in [2.45, 2.75) is 84.1 Å². The number of ether oxygens (including phenoxy) is 2. The molecule has 2 aliphatic rings. The number of hydrogen-bond donors (Lipinski definition) is 0. The number of carbonyl (C=O) groups excluding carboxylic acids is 4. The zero-order valence-corrected chi connectivity index (χ0v) is 33.6. The number of fused-ring (bicyclic) bond motifs is 2. The fourth-order valence-electron chi connectivity index (χ4n) is 7.64. The molecule has 0 fully saturated rings. The van der Waals surface area contributed by atoms with Crippen molar-refractivity contribution < 1.29 is 28.7 Å². The van der Waals surface area contributed by atoms with E-state index in [9.17, 15) is 19.2 Å². The van der Waals surface area contributed by atoms with Crippen LogP contribution in [0.4, 0.5) is 5.69 Å². The van der Waals surface area contributed by atoms with E-state index in [1.165, 1.54) is 9.80 Å². The maximum atomic E-state index is 13.6. The molecule has 5 aromatic rings. The van der Waals surface area contributed by atoms with Crippen molar-refractivity contribution >= 4 is 29.3 Å². The third-order valence-corrected chi connectivity index (χ3v) is 12.4. The molecule has 2 aliphatic heterocycles. The van der Waals surface area contributed by atoms with E-state index in [1.807, 2.05) is 93.6 Å². The number of imide groups is 2. The van der Waals surface area contributed by atoms with Gasteiger partial charge in [-0.25, -0.2) is 4.90 Å². The summed E-state index contributed by atoms with van der Waals surface area (Å²) in [4.78, 5) is 56.3. The molecule has 57 heavy (non-hydrogen) atoms. The Balaban J connectivity index is 1.02. The summed E-state index contributed by atoms with van der Waals surface area (Å²) >= 11 is 0. The SMILES string of the molecule is C=CC(C)(CC)c1cccc(N2C(=O)c3ccc(Oc4ccc(C(C)(C)c5ccc(Oc6ccc7c(c6)C(=O)N(C(C)(CC)CC)C7=O)cc5)cc4)cc3C2=O)c1. The number of carbonyl (C=O) groups is 4. The average molecular weight is 761 g/mol. The second kappa shape index (κ2) is 14.7. The lowest BCUT2D eigenvalue weighted by atomic mass is 9.78. The molecule has 0 aromatic heterocycles. The van der Waals surface area contributed by atoms with Crippen molar-refractivity contribution in [2.24, 2.45) is 0 Å². The van der Waals surface area contributed by atoms with Crippen LogP contribution in [0.25, 0.3) is 0 Å². The molecule has 5 aromatic carbocycles. The quantitative estimate of drug-likeness (QED) is 0.0876. The first-order valence-corrected chi connectivity index (χ1v) is 19.5. The van der Waals surface area contributed by atoms with Crippen LogP contribution in [0, 0.1) is 0 Å². The van der Waals surface area contributed by atoms with E-state index in [-0.39, 0.29) is 34.5 Å². The second-order valence-corrected chi connectivity index (χ2v) is 15.9. The molecule has 0 bridgehead atoms. The third kappa shape index (κ3) is 6.73. The van der Waals surface area contributed by atoms with Gasteiger partial charge in [0.15, 0.2) is 0 Å². The van der Waals surface area contributed by atoms with Crippen LogP contribution in [0.15, 0.2) is 122 Å². The summed E-state index contributed by atoms with van der Waals surface area (Å²) in [5.41, 5.74) is 3.84. The molecule has 8 heteroatoms. The van der Waals surface area contributed by atoms with Crippen molar-refractivity contribution in [1.29, 1.82) is 0 Å². The van der Waals surface area contributed by atoms with Gasteiger partial charge in [0.1, 0.15) is 23.0 Å². The van der Waals surface area contributed by atoms with Crippen LogP contribution in [-0.4, -0.2) is 34.1 Å². The van der Waals surface area contributed by atoms with Crippen LogP contribution in [0.5, 0.6) is 23.0 Å². The Bertz CT molecular complexity index is 2430. The fourth-order valence-corrected chi connectivity index (χ4v) is 7.64. The Morgan fingerprint density at radius 3 is 1.47 bits per heavy atom. The number of benzene rings is 5. The Hall–Kier alpha value is -6.28. The first kappa shape index (κ1) is 39.0. The largest absolute Gasteiger partial charge is 0.457 e. The van der Waals surface area contributed by atoms with Gasteiger partial charge in [-0.15, -0.1) is 6.58 Å². The highest BCUT2D eigenvalue weighted by molar-refractivity contribution is 6.34. The molecule has 8 nitrogen and oxygen atoms in total. The summed E-state index contributed by atoms with van der Waals surface area (Å²) in [6, 6.07) is 33.2. The normalized spacial score (nSPS) is 15.1. The number of amides is 4. The van der Waals surface area contributed by atoms with E-state index in [0.717, 1.165) is 23.1 Å². The van der Waals surface area contributed by atoms with Gasteiger partial charge in [-0.3, -0.25) is 24.1 Å². The molecule has 7 rings (SSSR count). The Morgan fingerprint density at radius 1 is 0.526 bits per heavy atom. The molecule has 0 saturated heterocycles. The minimum Gasteiger partial charge on any atom is -0.457 e. The number of nitrogens with zero attached hydrogens (tertiary/aromatic N) is 2. The van der Waals surface area contributed by atoms with Crippen LogP contribution in [-0.2, 0) is 10.8 Å². The number of rotatable bonds is 13. The Labute approximate surface area is 334 Å². The molecule has 2 heterocycles. The van der Waals surface area contributed by atoms with Crippen molar-refractivity contribution in [1.82, 2.24) is 4.90 Å². The summed E-state index contributed by atoms with van der Waals surface area (Å²) < 4.78 is 12.3. The molecule has 1 atom stereocenters. The van der Waals surface area contributed by atoms with Gasteiger partial charge in [0.05, 0.1) is 27.9 Å². The van der Waals surface area contributed by atoms with Gasteiger partial charge in [-0.05, 0) is 116 Å². The molecule has 1 unspecified atom stereocenters. The van der Waals surface area contributed by atoms with Gasteiger partial charge in [-0.2, -0.15) is 0 Å². The van der Waals surface area contributed by atoms with Gasteiger partial charge in [0.2, 0.25) is 0 Å². The van der Waals surface area contributed by atoms with Gasteiger partial charge in [0.25, 0.3) is 23.6 Å². The highest BCUT2D eigenvalue weighted by Crippen LogP contribution is 2.39. The van der Waals surface area contributed by atoms with E-state index in [4.69, 9.17) is 9.47 Å². The predicted octanol–water partition coefficient (Wildman–Crippen LogP) is 11.4. The van der Waals surface area contributed by atoms with Crippen LogP contribution < -0.4 is 14.4 Å². The number of hydrogen-bond acceptors (Lipinski definition) is 6. The van der Waals surface area contributed by atoms with Crippen molar-refractivity contribution in [3.8, 4) is 23.0 Å². The molecule has 0 spiro atoms. The lowest BCUT2D eigenvalue weighted by molar-refractivity contribution is 0.0434. The second-order valence-electron chi connectivity index (χ2n) is 15.9. The van der Waals surface area contributed by atoms with Crippen molar-refractivity contribution in [3.05, 3.63) is 161 Å². The Kier molecular flexibility index (Phi) is 10.0. The molecule has 0 aliphatic carbocycles. The van der Waals surface area contributed by atoms with Crippen molar-refractivity contribution in [3.63, 3.8) is 0 Å². The average Bonchev–Trinajstić information content (AvgIpc) is 3.63. The number of anilines is 1. The summed E-state index contributed by atoms with van der Waals surface area (Å²) in [5.74, 6) is 0.844. The fraction of sp³-hybridized carbons (Fsp3) is 0.265. The maximum absolute atomic E-state index is 13.6. The molecule has 0 N–H and O–H groups in total. The van der Waals surface area contributed by atoms with Gasteiger partial charge >= 0.3 is 0 Å². The molecule has 4 amide bonds. The lowest BCUT2D eigenvalue weighted by Gasteiger charge is -2.35. The lowest BCUT2D eigenvalue weighted by Crippen LogP contribution is -2.48. The highest BCUT2D eigenvalue weighted by Gasteiger charge is 2.45. The van der Waals surface area contributed by atoms with Crippen LogP contribution >= 0.6 is 0 Å². The monoisotopic (exact) mass is 760 g/mol. The maximum Gasteiger partial charge on any atom is 0.266 e. The van der Waals surface area contributed by atoms with E-state index in [0.29, 0.717) is 63.8 Å². The van der Waals surface area contributed by atoms with E-state index < -0.39 is 5.54 Å². The summed E-state index contributed by atoms with van der Waals surface area (Å²) in [6.45, 7) is 18.4. The highest BCUT2D eigenvalue weighted by atomic mass is 16.5. The van der Waals surface area contributed by atoms with Crippen LogP contribution in [0.2, 0.25) is 0 Å². The smallest absolute Gasteiger partial charge is 0.266 e. The van der Waals surface area contributed by atoms with Crippen LogP contribution in [0.1, 0.15) is 126 Å². The van der Waals surface area contributed by atoms with Gasteiger partial charge < -0.3 is 9.47 Å². The first-order valence-electron chi connectivity index (χ1n) is 19.5. The minimum absolute atomic E-state index is 0.259. The van der Waals surface area contributed by atoms with E-state index in [1.54, 1.807) is 42.5 Å². The standard InChI is InChI=1S/C49H48N2O6/c1-9-48(7,10-2)33-14-13-15-34(28-33)50-43(52)39-26-24-37(29-41(39)44(50)53)56-35-20-16-31(17-21-35)47(5,6)32-18-22-36(23-19-32)57-38-25-27-40-42(30-38)46(55)51(45(40)54)49(8,11-3)12-4/h9,13-30H,1,10-12H2,2-8H3. The molecule has 0 saturated carbocycles. The van der Waals surface area contributed by atoms with E-state index >= 15 is 0 Å². The number of allylic oxidation sites excluding steroid dienone is 1. The summed E-state index contributed by atoms with van der Waals surface area (Å²) in [5, 5.41) is 0.